The van der Waals surface area contributed by atoms with Gasteiger partial charge >= 0.3 is 5.97 Å². The zero-order valence-electron chi connectivity index (χ0n) is 11.6. The lowest BCUT2D eigenvalue weighted by molar-refractivity contribution is 0.0697. The molecule has 0 bridgehead atoms. The number of aromatic carboxylic acids is 1. The average Bonchev–Trinajstić information content (AvgIpc) is 2.90. The average molecular weight is 263 g/mol. The van der Waals surface area contributed by atoms with Gasteiger partial charge in [-0.05, 0) is 30.9 Å². The fourth-order valence-corrected chi connectivity index (χ4v) is 2.81. The van der Waals surface area contributed by atoms with E-state index in [1.807, 2.05) is 11.9 Å². The van der Waals surface area contributed by atoms with Crippen LogP contribution in [0, 0.1) is 5.92 Å². The van der Waals surface area contributed by atoms with Crippen LogP contribution in [0.1, 0.15) is 36.0 Å². The maximum Gasteiger partial charge on any atom is 0.337 e. The summed E-state index contributed by atoms with van der Waals surface area (Å²) >= 11 is 0. The molecule has 104 valence electrons. The van der Waals surface area contributed by atoms with Crippen molar-refractivity contribution in [2.75, 3.05) is 25.6 Å². The Morgan fingerprint density at radius 3 is 2.68 bits per heavy atom. The van der Waals surface area contributed by atoms with E-state index in [1.165, 1.54) is 25.7 Å². The van der Waals surface area contributed by atoms with Gasteiger partial charge in [-0.2, -0.15) is 0 Å². The van der Waals surface area contributed by atoms with E-state index in [0.29, 0.717) is 17.2 Å². The summed E-state index contributed by atoms with van der Waals surface area (Å²) < 4.78 is 5.19. The van der Waals surface area contributed by atoms with Gasteiger partial charge in [0.1, 0.15) is 5.75 Å². The molecule has 0 spiro atoms. The molecule has 0 aliphatic heterocycles. The lowest BCUT2D eigenvalue weighted by atomic mass is 10.1. The summed E-state index contributed by atoms with van der Waals surface area (Å²) in [6.07, 6.45) is 5.08. The molecule has 1 fully saturated rings. The first-order valence-electron chi connectivity index (χ1n) is 6.74. The number of ether oxygens (including phenoxy) is 1. The highest BCUT2D eigenvalue weighted by Crippen LogP contribution is 2.30. The summed E-state index contributed by atoms with van der Waals surface area (Å²) in [5.41, 5.74) is 1.07. The number of carbonyl (C=O) groups is 1. The van der Waals surface area contributed by atoms with E-state index in [-0.39, 0.29) is 0 Å². The van der Waals surface area contributed by atoms with Crippen LogP contribution in [-0.4, -0.2) is 31.8 Å². The first-order chi connectivity index (χ1) is 9.11. The van der Waals surface area contributed by atoms with Gasteiger partial charge in [0.05, 0.1) is 18.4 Å². The second-order valence-electron chi connectivity index (χ2n) is 5.22. The minimum Gasteiger partial charge on any atom is -0.497 e. The highest BCUT2D eigenvalue weighted by Gasteiger charge is 2.20. The maximum absolute atomic E-state index is 11.3. The fraction of sp³-hybridized carbons (Fsp3) is 0.533. The molecule has 1 saturated carbocycles. The predicted molar refractivity (Wildman–Crippen MR) is 75.2 cm³/mol. The van der Waals surface area contributed by atoms with Gasteiger partial charge in [-0.15, -0.1) is 0 Å². The molecule has 0 radical (unpaired) electrons. The Labute approximate surface area is 114 Å². The molecule has 0 aromatic heterocycles. The quantitative estimate of drug-likeness (QED) is 0.887. The molecule has 4 heteroatoms. The van der Waals surface area contributed by atoms with Crippen LogP contribution in [-0.2, 0) is 0 Å². The molecule has 19 heavy (non-hydrogen) atoms. The molecular formula is C15H21NO3. The fourth-order valence-electron chi connectivity index (χ4n) is 2.81. The third-order valence-electron chi connectivity index (χ3n) is 3.85. The number of carboxylic acids is 1. The highest BCUT2D eigenvalue weighted by atomic mass is 16.5. The van der Waals surface area contributed by atoms with Crippen molar-refractivity contribution in [2.45, 2.75) is 25.7 Å². The highest BCUT2D eigenvalue weighted by molar-refractivity contribution is 5.94. The van der Waals surface area contributed by atoms with E-state index >= 15 is 0 Å². The topological polar surface area (TPSA) is 49.8 Å². The second-order valence-corrected chi connectivity index (χ2v) is 5.22. The molecule has 1 aliphatic carbocycles. The van der Waals surface area contributed by atoms with Crippen LogP contribution in [0.15, 0.2) is 18.2 Å². The summed E-state index contributed by atoms with van der Waals surface area (Å²) in [7, 11) is 3.55. The van der Waals surface area contributed by atoms with E-state index in [0.717, 1.165) is 12.2 Å². The zero-order valence-corrected chi connectivity index (χ0v) is 11.6. The molecule has 0 unspecified atom stereocenters. The van der Waals surface area contributed by atoms with Crippen molar-refractivity contribution in [3.63, 3.8) is 0 Å². The van der Waals surface area contributed by atoms with Crippen molar-refractivity contribution in [3.8, 4) is 5.75 Å². The van der Waals surface area contributed by atoms with Gasteiger partial charge in [0.15, 0.2) is 0 Å². The van der Waals surface area contributed by atoms with Crippen molar-refractivity contribution in [1.82, 2.24) is 0 Å². The van der Waals surface area contributed by atoms with Gasteiger partial charge in [-0.1, -0.05) is 12.8 Å². The van der Waals surface area contributed by atoms with Crippen LogP contribution in [0.3, 0.4) is 0 Å². The van der Waals surface area contributed by atoms with Crippen LogP contribution < -0.4 is 9.64 Å². The SMILES string of the molecule is COc1ccc(C(=O)O)c(N(C)CC2CCCC2)c1. The number of hydrogen-bond donors (Lipinski definition) is 1. The minimum atomic E-state index is -0.893. The molecule has 0 heterocycles. The van der Waals surface area contributed by atoms with Gasteiger partial charge in [0.2, 0.25) is 0 Å². The van der Waals surface area contributed by atoms with E-state index in [9.17, 15) is 9.90 Å². The first-order valence-corrected chi connectivity index (χ1v) is 6.74. The smallest absolute Gasteiger partial charge is 0.337 e. The number of hydrogen-bond acceptors (Lipinski definition) is 3. The molecule has 2 rings (SSSR count). The Bertz CT molecular complexity index is 453. The molecule has 0 saturated heterocycles. The van der Waals surface area contributed by atoms with Crippen LogP contribution in [0.2, 0.25) is 0 Å². The number of benzene rings is 1. The van der Waals surface area contributed by atoms with E-state index in [1.54, 1.807) is 25.3 Å². The van der Waals surface area contributed by atoms with Crippen molar-refractivity contribution < 1.29 is 14.6 Å². The van der Waals surface area contributed by atoms with Gasteiger partial charge in [-0.3, -0.25) is 0 Å². The standard InChI is InChI=1S/C15H21NO3/c1-16(10-11-5-3-4-6-11)14-9-12(19-2)7-8-13(14)15(17)18/h7-9,11H,3-6,10H2,1-2H3,(H,17,18). The Hall–Kier alpha value is -1.71. The van der Waals surface area contributed by atoms with Crippen molar-refractivity contribution in [1.29, 1.82) is 0 Å². The minimum absolute atomic E-state index is 0.335. The van der Waals surface area contributed by atoms with Gasteiger partial charge in [-0.25, -0.2) is 4.79 Å². The molecule has 1 aromatic carbocycles. The number of methoxy groups -OCH3 is 1. The second kappa shape index (κ2) is 5.95. The number of anilines is 1. The number of rotatable bonds is 5. The van der Waals surface area contributed by atoms with Crippen LogP contribution in [0.25, 0.3) is 0 Å². The summed E-state index contributed by atoms with van der Waals surface area (Å²) in [5.74, 6) is 0.479. The van der Waals surface area contributed by atoms with Crippen molar-refractivity contribution >= 4 is 11.7 Å². The van der Waals surface area contributed by atoms with E-state index in [2.05, 4.69) is 0 Å². The van der Waals surface area contributed by atoms with Crippen molar-refractivity contribution in [3.05, 3.63) is 23.8 Å². The third-order valence-corrected chi connectivity index (χ3v) is 3.85. The Morgan fingerprint density at radius 2 is 2.11 bits per heavy atom. The molecule has 1 aliphatic rings. The van der Waals surface area contributed by atoms with Gasteiger partial charge < -0.3 is 14.7 Å². The molecular weight excluding hydrogens is 242 g/mol. The molecule has 0 amide bonds. The summed E-state index contributed by atoms with van der Waals surface area (Å²) in [6, 6.07) is 5.11. The summed E-state index contributed by atoms with van der Waals surface area (Å²) in [6.45, 7) is 0.910. The molecule has 4 nitrogen and oxygen atoms in total. The maximum atomic E-state index is 11.3. The normalized spacial score (nSPS) is 15.5. The zero-order chi connectivity index (χ0) is 13.8. The lowest BCUT2D eigenvalue weighted by Gasteiger charge is -2.25. The molecule has 0 atom stereocenters. The summed E-state index contributed by atoms with van der Waals surface area (Å²) in [4.78, 5) is 13.3. The Morgan fingerprint density at radius 1 is 1.42 bits per heavy atom. The predicted octanol–water partition coefficient (Wildman–Crippen LogP) is 3.02. The van der Waals surface area contributed by atoms with Crippen LogP contribution >= 0.6 is 0 Å². The lowest BCUT2D eigenvalue weighted by Crippen LogP contribution is -2.25. The van der Waals surface area contributed by atoms with Gasteiger partial charge in [0, 0.05) is 19.7 Å². The van der Waals surface area contributed by atoms with E-state index in [4.69, 9.17) is 4.74 Å². The summed E-state index contributed by atoms with van der Waals surface area (Å²) in [5, 5.41) is 9.27. The number of carboxylic acid groups (broad SMARTS) is 1. The van der Waals surface area contributed by atoms with E-state index < -0.39 is 5.97 Å². The van der Waals surface area contributed by atoms with Gasteiger partial charge in [0.25, 0.3) is 0 Å². The number of nitrogens with zero attached hydrogens (tertiary/aromatic N) is 1. The Kier molecular flexibility index (Phi) is 4.30. The molecule has 1 aromatic rings. The first kappa shape index (κ1) is 13.7. The largest absolute Gasteiger partial charge is 0.497 e. The monoisotopic (exact) mass is 263 g/mol. The Balaban J connectivity index is 2.21. The van der Waals surface area contributed by atoms with Crippen LogP contribution in [0.5, 0.6) is 5.75 Å². The van der Waals surface area contributed by atoms with Crippen molar-refractivity contribution in [2.24, 2.45) is 5.92 Å². The third kappa shape index (κ3) is 3.19. The van der Waals surface area contributed by atoms with Crippen LogP contribution in [0.4, 0.5) is 5.69 Å². The molecule has 1 N–H and O–H groups in total.